The second kappa shape index (κ2) is 5.40. The van der Waals surface area contributed by atoms with Gasteiger partial charge in [-0.15, -0.1) is 0 Å². The fourth-order valence-corrected chi connectivity index (χ4v) is 2.48. The third kappa shape index (κ3) is 2.17. The minimum absolute atomic E-state index is 0.190. The van der Waals surface area contributed by atoms with E-state index in [0.717, 1.165) is 10.9 Å². The zero-order valence-electron chi connectivity index (χ0n) is 10.5. The van der Waals surface area contributed by atoms with Crippen LogP contribution in [0.15, 0.2) is 52.9 Å². The van der Waals surface area contributed by atoms with Gasteiger partial charge < -0.3 is 9.15 Å². The molecule has 4 heteroatoms. The molecule has 0 aliphatic rings. The smallest absolute Gasteiger partial charge is 0.247 e. The van der Waals surface area contributed by atoms with Gasteiger partial charge in [-0.05, 0) is 18.2 Å². The summed E-state index contributed by atoms with van der Waals surface area (Å²) in [6.45, 7) is 0. The first-order chi connectivity index (χ1) is 9.83. The molecule has 1 heterocycles. The standard InChI is InChI=1S/C16H10BrNO2/c17-9-11-5-1-3-7-13(11)20-16-12-6-2-4-8-14(12)19-15(16)10-18/h1-8H,9H2. The van der Waals surface area contributed by atoms with Crippen LogP contribution >= 0.6 is 15.9 Å². The average Bonchev–Trinajstić information content (AvgIpc) is 2.86. The average molecular weight is 328 g/mol. The van der Waals surface area contributed by atoms with Crippen molar-refractivity contribution in [3.63, 3.8) is 0 Å². The van der Waals surface area contributed by atoms with Crippen molar-refractivity contribution in [2.45, 2.75) is 5.33 Å². The van der Waals surface area contributed by atoms with Crippen molar-refractivity contribution in [2.75, 3.05) is 0 Å². The summed E-state index contributed by atoms with van der Waals surface area (Å²) in [5.41, 5.74) is 1.66. The highest BCUT2D eigenvalue weighted by Gasteiger charge is 2.16. The van der Waals surface area contributed by atoms with Gasteiger partial charge in [0.25, 0.3) is 0 Å². The minimum atomic E-state index is 0.190. The molecule has 0 aliphatic carbocycles. The molecule has 0 saturated heterocycles. The number of hydrogen-bond donors (Lipinski definition) is 0. The zero-order chi connectivity index (χ0) is 13.9. The van der Waals surface area contributed by atoms with Crippen molar-refractivity contribution < 1.29 is 9.15 Å². The van der Waals surface area contributed by atoms with E-state index in [1.165, 1.54) is 0 Å². The van der Waals surface area contributed by atoms with Gasteiger partial charge in [0.05, 0.1) is 5.39 Å². The number of nitrogens with zero attached hydrogens (tertiary/aromatic N) is 1. The molecule has 0 aliphatic heterocycles. The van der Waals surface area contributed by atoms with Crippen LogP contribution in [0.25, 0.3) is 11.0 Å². The van der Waals surface area contributed by atoms with Crippen molar-refractivity contribution in [3.8, 4) is 17.6 Å². The van der Waals surface area contributed by atoms with Crippen LogP contribution in [0, 0.1) is 11.3 Å². The summed E-state index contributed by atoms with van der Waals surface area (Å²) in [5, 5.41) is 10.7. The molecule has 0 saturated carbocycles. The van der Waals surface area contributed by atoms with Gasteiger partial charge in [0.15, 0.2) is 5.75 Å². The second-order valence-electron chi connectivity index (χ2n) is 4.21. The van der Waals surface area contributed by atoms with Gasteiger partial charge in [-0.1, -0.05) is 46.3 Å². The summed E-state index contributed by atoms with van der Waals surface area (Å²) in [6, 6.07) is 17.2. The molecular formula is C16H10BrNO2. The Kier molecular flexibility index (Phi) is 3.44. The Morgan fingerprint density at radius 3 is 2.65 bits per heavy atom. The Morgan fingerprint density at radius 1 is 1.10 bits per heavy atom. The fraction of sp³-hybridized carbons (Fsp3) is 0.0625. The fourth-order valence-electron chi connectivity index (χ4n) is 2.02. The van der Waals surface area contributed by atoms with Gasteiger partial charge >= 0.3 is 0 Å². The van der Waals surface area contributed by atoms with Gasteiger partial charge in [-0.3, -0.25) is 0 Å². The summed E-state index contributed by atoms with van der Waals surface area (Å²) in [7, 11) is 0. The Labute approximate surface area is 124 Å². The first-order valence-electron chi connectivity index (χ1n) is 6.07. The molecule has 0 bridgehead atoms. The lowest BCUT2D eigenvalue weighted by Gasteiger charge is -2.08. The highest BCUT2D eigenvalue weighted by molar-refractivity contribution is 9.08. The maximum absolute atomic E-state index is 9.19. The lowest BCUT2D eigenvalue weighted by molar-refractivity contribution is 0.464. The van der Waals surface area contributed by atoms with E-state index in [0.29, 0.717) is 22.4 Å². The van der Waals surface area contributed by atoms with Gasteiger partial charge in [-0.25, -0.2) is 0 Å². The number of rotatable bonds is 3. The summed E-state index contributed by atoms with van der Waals surface area (Å²) < 4.78 is 11.4. The first-order valence-corrected chi connectivity index (χ1v) is 7.19. The molecule has 0 fully saturated rings. The molecule has 20 heavy (non-hydrogen) atoms. The number of fused-ring (bicyclic) bond motifs is 1. The number of nitriles is 1. The van der Waals surface area contributed by atoms with Crippen molar-refractivity contribution in [1.29, 1.82) is 5.26 Å². The molecule has 2 aromatic carbocycles. The topological polar surface area (TPSA) is 46.2 Å². The van der Waals surface area contributed by atoms with E-state index >= 15 is 0 Å². The lowest BCUT2D eigenvalue weighted by Crippen LogP contribution is -1.89. The SMILES string of the molecule is N#Cc1oc2ccccc2c1Oc1ccccc1CBr. The zero-order valence-corrected chi connectivity index (χ0v) is 12.1. The highest BCUT2D eigenvalue weighted by Crippen LogP contribution is 2.37. The Bertz CT molecular complexity index is 802. The van der Waals surface area contributed by atoms with Gasteiger partial charge in [0.1, 0.15) is 17.4 Å². The molecular weight excluding hydrogens is 318 g/mol. The number of benzene rings is 2. The number of para-hydroxylation sites is 2. The number of halogens is 1. The van der Waals surface area contributed by atoms with Crippen LogP contribution in [-0.2, 0) is 5.33 Å². The van der Waals surface area contributed by atoms with E-state index in [1.54, 1.807) is 0 Å². The minimum Gasteiger partial charge on any atom is -0.452 e. The predicted octanol–water partition coefficient (Wildman–Crippen LogP) is 4.99. The maximum atomic E-state index is 9.19. The first kappa shape index (κ1) is 12.8. The van der Waals surface area contributed by atoms with Crippen molar-refractivity contribution in [2.24, 2.45) is 0 Å². The molecule has 0 atom stereocenters. The molecule has 3 aromatic rings. The molecule has 3 rings (SSSR count). The molecule has 1 aromatic heterocycles. The molecule has 0 radical (unpaired) electrons. The van der Waals surface area contributed by atoms with Gasteiger partial charge in [0, 0.05) is 10.9 Å². The highest BCUT2D eigenvalue weighted by atomic mass is 79.9. The number of hydrogen-bond acceptors (Lipinski definition) is 3. The molecule has 0 unspecified atom stereocenters. The van der Waals surface area contributed by atoms with Crippen LogP contribution in [0.4, 0.5) is 0 Å². The van der Waals surface area contributed by atoms with Gasteiger partial charge in [0.2, 0.25) is 5.76 Å². The van der Waals surface area contributed by atoms with Crippen LogP contribution in [0.2, 0.25) is 0 Å². The maximum Gasteiger partial charge on any atom is 0.247 e. The van der Waals surface area contributed by atoms with Crippen LogP contribution < -0.4 is 4.74 Å². The second-order valence-corrected chi connectivity index (χ2v) is 4.77. The predicted molar refractivity (Wildman–Crippen MR) is 80.1 cm³/mol. The summed E-state index contributed by atoms with van der Waals surface area (Å²) in [4.78, 5) is 0. The van der Waals surface area contributed by atoms with E-state index < -0.39 is 0 Å². The van der Waals surface area contributed by atoms with Crippen molar-refractivity contribution in [1.82, 2.24) is 0 Å². The molecule has 0 amide bonds. The molecule has 3 nitrogen and oxygen atoms in total. The van der Waals surface area contributed by atoms with E-state index in [4.69, 9.17) is 9.15 Å². The van der Waals surface area contributed by atoms with Gasteiger partial charge in [-0.2, -0.15) is 5.26 Å². The third-order valence-electron chi connectivity index (χ3n) is 2.98. The number of alkyl halides is 1. The van der Waals surface area contributed by atoms with Crippen LogP contribution in [0.1, 0.15) is 11.3 Å². The normalized spacial score (nSPS) is 10.4. The summed E-state index contributed by atoms with van der Waals surface area (Å²) in [5.74, 6) is 1.37. The monoisotopic (exact) mass is 327 g/mol. The van der Waals surface area contributed by atoms with Crippen LogP contribution in [-0.4, -0.2) is 0 Å². The van der Waals surface area contributed by atoms with Crippen LogP contribution in [0.3, 0.4) is 0 Å². The van der Waals surface area contributed by atoms with Crippen molar-refractivity contribution in [3.05, 3.63) is 59.9 Å². The molecule has 0 spiro atoms. The summed E-state index contributed by atoms with van der Waals surface area (Å²) in [6.07, 6.45) is 0. The third-order valence-corrected chi connectivity index (χ3v) is 3.58. The lowest BCUT2D eigenvalue weighted by atomic mass is 10.2. The molecule has 0 N–H and O–H groups in total. The van der Waals surface area contributed by atoms with E-state index in [-0.39, 0.29) is 5.76 Å². The largest absolute Gasteiger partial charge is 0.452 e. The number of ether oxygens (including phenoxy) is 1. The van der Waals surface area contributed by atoms with E-state index in [9.17, 15) is 5.26 Å². The molecule has 98 valence electrons. The number of furan rings is 1. The Hall–Kier alpha value is -2.25. The summed E-state index contributed by atoms with van der Waals surface area (Å²) >= 11 is 3.43. The Morgan fingerprint density at radius 2 is 1.85 bits per heavy atom. The Balaban J connectivity index is 2.13. The quantitative estimate of drug-likeness (QED) is 0.636. The van der Waals surface area contributed by atoms with E-state index in [2.05, 4.69) is 15.9 Å². The van der Waals surface area contributed by atoms with E-state index in [1.807, 2.05) is 54.6 Å². The van der Waals surface area contributed by atoms with Crippen LogP contribution in [0.5, 0.6) is 11.5 Å². The van der Waals surface area contributed by atoms with Crippen molar-refractivity contribution >= 4 is 26.9 Å².